The van der Waals surface area contributed by atoms with Crippen LogP contribution in [0.3, 0.4) is 0 Å². The Kier molecular flexibility index (Phi) is 6.19. The molecule has 2 aromatic rings. The Morgan fingerprint density at radius 3 is 2.50 bits per heavy atom. The van der Waals surface area contributed by atoms with Gasteiger partial charge in [-0.1, -0.05) is 61.8 Å². The van der Waals surface area contributed by atoms with E-state index in [9.17, 15) is 9.59 Å². The lowest BCUT2D eigenvalue weighted by molar-refractivity contribution is -0.121. The first kappa shape index (κ1) is 22.6. The summed E-state index contributed by atoms with van der Waals surface area (Å²) in [6.07, 6.45) is 2.93. The van der Waals surface area contributed by atoms with Crippen LogP contribution in [0.15, 0.2) is 66.4 Å². The summed E-state index contributed by atoms with van der Waals surface area (Å²) >= 11 is 12.5. The number of ketones is 1. The SMILES string of the molecule is C=CCOc1ccc(C2CC(=O)N(c3ccc(Cl)cc3Cl)C3=C2C(=O)CC(C)(C)C3)cc1. The second-order valence-electron chi connectivity index (χ2n) is 9.05. The number of hydrogen-bond acceptors (Lipinski definition) is 3. The Labute approximate surface area is 198 Å². The van der Waals surface area contributed by atoms with Crippen molar-refractivity contribution in [3.05, 3.63) is 82.0 Å². The average Bonchev–Trinajstić information content (AvgIpc) is 2.72. The van der Waals surface area contributed by atoms with Gasteiger partial charge in [0.25, 0.3) is 0 Å². The lowest BCUT2D eigenvalue weighted by atomic mass is 9.69. The summed E-state index contributed by atoms with van der Waals surface area (Å²) in [5, 5.41) is 0.879. The molecular weight excluding hydrogens is 445 g/mol. The fraction of sp³-hybridized carbons (Fsp3) is 0.308. The fourth-order valence-corrected chi connectivity index (χ4v) is 5.09. The molecule has 0 N–H and O–H groups in total. The Hall–Kier alpha value is -2.56. The minimum absolute atomic E-state index is 0.0795. The van der Waals surface area contributed by atoms with Gasteiger partial charge in [-0.3, -0.25) is 14.5 Å². The normalized spacial score (nSPS) is 20.2. The van der Waals surface area contributed by atoms with Crippen molar-refractivity contribution in [2.24, 2.45) is 5.41 Å². The van der Waals surface area contributed by atoms with E-state index in [1.165, 1.54) is 0 Å². The molecule has 1 aliphatic carbocycles. The number of ether oxygens (including phenoxy) is 1. The number of allylic oxidation sites excluding steroid dienone is 2. The van der Waals surface area contributed by atoms with Gasteiger partial charge in [-0.15, -0.1) is 0 Å². The molecule has 0 spiro atoms. The number of rotatable bonds is 5. The number of anilines is 1. The number of carbonyl (C=O) groups excluding carboxylic acids is 2. The van der Waals surface area contributed by atoms with Crippen molar-refractivity contribution >= 4 is 40.6 Å². The average molecular weight is 470 g/mol. The zero-order valence-corrected chi connectivity index (χ0v) is 19.7. The monoisotopic (exact) mass is 469 g/mol. The van der Waals surface area contributed by atoms with Crippen LogP contribution in [-0.4, -0.2) is 18.3 Å². The van der Waals surface area contributed by atoms with Gasteiger partial charge in [-0.2, -0.15) is 0 Å². The Morgan fingerprint density at radius 1 is 1.12 bits per heavy atom. The van der Waals surface area contributed by atoms with Crippen LogP contribution in [0.1, 0.15) is 44.6 Å². The van der Waals surface area contributed by atoms with Crippen LogP contribution in [0.5, 0.6) is 5.75 Å². The van der Waals surface area contributed by atoms with Crippen LogP contribution < -0.4 is 9.64 Å². The number of amides is 1. The summed E-state index contributed by atoms with van der Waals surface area (Å²) in [5.41, 5.74) is 2.67. The first-order chi connectivity index (χ1) is 15.2. The summed E-state index contributed by atoms with van der Waals surface area (Å²) in [6, 6.07) is 12.7. The van der Waals surface area contributed by atoms with E-state index in [1.54, 1.807) is 29.2 Å². The van der Waals surface area contributed by atoms with E-state index < -0.39 is 0 Å². The van der Waals surface area contributed by atoms with Crippen molar-refractivity contribution in [3.63, 3.8) is 0 Å². The van der Waals surface area contributed by atoms with E-state index in [4.69, 9.17) is 27.9 Å². The highest BCUT2D eigenvalue weighted by molar-refractivity contribution is 6.37. The summed E-state index contributed by atoms with van der Waals surface area (Å²) in [5.74, 6) is 0.416. The van der Waals surface area contributed by atoms with Gasteiger partial charge in [0.1, 0.15) is 12.4 Å². The van der Waals surface area contributed by atoms with Gasteiger partial charge >= 0.3 is 0 Å². The molecule has 0 saturated heterocycles. The molecule has 2 aliphatic rings. The van der Waals surface area contributed by atoms with E-state index in [-0.39, 0.29) is 29.4 Å². The lowest BCUT2D eigenvalue weighted by Gasteiger charge is -2.43. The minimum Gasteiger partial charge on any atom is -0.490 e. The van der Waals surface area contributed by atoms with Crippen LogP contribution in [0.25, 0.3) is 0 Å². The van der Waals surface area contributed by atoms with Gasteiger partial charge in [0.15, 0.2) is 5.78 Å². The van der Waals surface area contributed by atoms with E-state index in [2.05, 4.69) is 20.4 Å². The third kappa shape index (κ3) is 4.35. The maximum atomic E-state index is 13.4. The fourth-order valence-electron chi connectivity index (χ4n) is 4.59. The molecule has 0 bridgehead atoms. The molecule has 0 saturated carbocycles. The Bertz CT molecular complexity index is 1120. The van der Waals surface area contributed by atoms with Crippen molar-refractivity contribution in [2.45, 2.75) is 39.0 Å². The molecule has 4 nitrogen and oxygen atoms in total. The van der Waals surface area contributed by atoms with Crippen LogP contribution >= 0.6 is 23.2 Å². The highest BCUT2D eigenvalue weighted by Crippen LogP contribution is 2.49. The minimum atomic E-state index is -0.295. The van der Waals surface area contributed by atoms with Crippen LogP contribution in [0, 0.1) is 5.41 Å². The van der Waals surface area contributed by atoms with Gasteiger partial charge in [0, 0.05) is 35.1 Å². The molecule has 0 fully saturated rings. The molecule has 32 heavy (non-hydrogen) atoms. The number of halogens is 2. The van der Waals surface area contributed by atoms with E-state index in [1.807, 2.05) is 24.3 Å². The molecule has 1 atom stereocenters. The van der Waals surface area contributed by atoms with Crippen molar-refractivity contribution in [3.8, 4) is 5.75 Å². The van der Waals surface area contributed by atoms with Gasteiger partial charge in [-0.25, -0.2) is 0 Å². The standard InChI is InChI=1S/C26H25Cl2NO3/c1-4-11-32-18-8-5-16(6-9-18)19-13-24(31)29(21-10-7-17(27)12-20(21)28)22-14-26(2,3)15-23(30)25(19)22/h4-10,12,19H,1,11,13-15H2,2-3H3. The zero-order chi connectivity index (χ0) is 23.0. The summed E-state index contributed by atoms with van der Waals surface area (Å²) < 4.78 is 5.57. The van der Waals surface area contributed by atoms with Crippen molar-refractivity contribution in [1.29, 1.82) is 0 Å². The van der Waals surface area contributed by atoms with Crippen molar-refractivity contribution < 1.29 is 14.3 Å². The number of Topliss-reactive ketones (excluding diaryl/α,β-unsaturated/α-hetero) is 1. The maximum Gasteiger partial charge on any atom is 0.232 e. The van der Waals surface area contributed by atoms with Crippen LogP contribution in [0.2, 0.25) is 10.0 Å². The van der Waals surface area contributed by atoms with Crippen molar-refractivity contribution in [2.75, 3.05) is 11.5 Å². The van der Waals surface area contributed by atoms with Gasteiger partial charge in [0.2, 0.25) is 5.91 Å². The maximum absolute atomic E-state index is 13.4. The highest BCUT2D eigenvalue weighted by Gasteiger charge is 2.44. The Balaban J connectivity index is 1.82. The second-order valence-corrected chi connectivity index (χ2v) is 9.90. The van der Waals surface area contributed by atoms with Gasteiger partial charge < -0.3 is 4.74 Å². The van der Waals surface area contributed by atoms with Crippen LogP contribution in [0.4, 0.5) is 5.69 Å². The summed E-state index contributed by atoms with van der Waals surface area (Å²) in [7, 11) is 0. The molecule has 1 heterocycles. The third-order valence-corrected chi connectivity index (χ3v) is 6.48. The van der Waals surface area contributed by atoms with Gasteiger partial charge in [-0.05, 0) is 47.7 Å². The first-order valence-corrected chi connectivity index (χ1v) is 11.3. The number of carbonyl (C=O) groups is 2. The van der Waals surface area contributed by atoms with Crippen molar-refractivity contribution in [1.82, 2.24) is 0 Å². The van der Waals surface area contributed by atoms with Crippen LogP contribution in [-0.2, 0) is 9.59 Å². The number of nitrogens with zero attached hydrogens (tertiary/aromatic N) is 1. The van der Waals surface area contributed by atoms with Gasteiger partial charge in [0.05, 0.1) is 10.7 Å². The molecule has 1 unspecified atom stereocenters. The summed E-state index contributed by atoms with van der Waals surface area (Å²) in [4.78, 5) is 28.5. The second kappa shape index (κ2) is 8.76. The number of benzene rings is 2. The molecule has 6 heteroatoms. The molecule has 2 aromatic carbocycles. The quantitative estimate of drug-likeness (QED) is 0.456. The lowest BCUT2D eigenvalue weighted by Crippen LogP contribution is -2.43. The molecule has 1 aliphatic heterocycles. The zero-order valence-electron chi connectivity index (χ0n) is 18.2. The molecule has 0 radical (unpaired) electrons. The predicted molar refractivity (Wildman–Crippen MR) is 128 cm³/mol. The third-order valence-electron chi connectivity index (χ3n) is 5.94. The Morgan fingerprint density at radius 2 is 1.84 bits per heavy atom. The molecule has 1 amide bonds. The smallest absolute Gasteiger partial charge is 0.232 e. The molecule has 166 valence electrons. The highest BCUT2D eigenvalue weighted by atomic mass is 35.5. The summed E-state index contributed by atoms with van der Waals surface area (Å²) in [6.45, 7) is 8.18. The molecule has 0 aromatic heterocycles. The largest absolute Gasteiger partial charge is 0.490 e. The topological polar surface area (TPSA) is 46.6 Å². The van der Waals surface area contributed by atoms with E-state index >= 15 is 0 Å². The van der Waals surface area contributed by atoms with E-state index in [0.717, 1.165) is 17.0 Å². The predicted octanol–water partition coefficient (Wildman–Crippen LogP) is 6.72. The number of hydrogen-bond donors (Lipinski definition) is 0. The molecular formula is C26H25Cl2NO3. The molecule has 4 rings (SSSR count). The van der Waals surface area contributed by atoms with E-state index in [0.29, 0.717) is 40.8 Å². The first-order valence-electron chi connectivity index (χ1n) is 10.6.